The Balaban J connectivity index is 1.82. The number of aromatic nitrogens is 5. The van der Waals surface area contributed by atoms with Crippen LogP contribution >= 0.6 is 0 Å². The van der Waals surface area contributed by atoms with Crippen molar-refractivity contribution >= 4 is 11.0 Å². The molecular formula is C17H18N6O2. The molecule has 8 heteroatoms. The highest BCUT2D eigenvalue weighted by atomic mass is 16.1. The van der Waals surface area contributed by atoms with E-state index in [-0.39, 0.29) is 11.6 Å². The lowest BCUT2D eigenvalue weighted by Crippen LogP contribution is -2.19. The summed E-state index contributed by atoms with van der Waals surface area (Å²) in [4.78, 5) is 33.7. The highest BCUT2D eigenvalue weighted by Gasteiger charge is 2.27. The van der Waals surface area contributed by atoms with Crippen molar-refractivity contribution in [3.63, 3.8) is 0 Å². The van der Waals surface area contributed by atoms with Crippen LogP contribution in [0.2, 0.25) is 0 Å². The summed E-state index contributed by atoms with van der Waals surface area (Å²) in [6.45, 7) is 0. The summed E-state index contributed by atoms with van der Waals surface area (Å²) in [7, 11) is 0. The maximum Gasteiger partial charge on any atom is 0.347 e. The Hall–Kier alpha value is -3.08. The summed E-state index contributed by atoms with van der Waals surface area (Å²) < 4.78 is 1.74. The summed E-state index contributed by atoms with van der Waals surface area (Å²) in [5.74, 6) is 0.388. The lowest BCUT2D eigenvalue weighted by Gasteiger charge is -2.21. The molecule has 1 unspecified atom stereocenters. The number of hydrogen-bond acceptors (Lipinski definition) is 4. The van der Waals surface area contributed by atoms with E-state index in [2.05, 4.69) is 26.1 Å². The van der Waals surface area contributed by atoms with Gasteiger partial charge in [0.25, 0.3) is 5.56 Å². The average molecular weight is 338 g/mol. The van der Waals surface area contributed by atoms with Gasteiger partial charge < -0.3 is 9.97 Å². The fourth-order valence-corrected chi connectivity index (χ4v) is 3.86. The van der Waals surface area contributed by atoms with Crippen molar-refractivity contribution in [2.24, 2.45) is 5.92 Å². The van der Waals surface area contributed by atoms with Gasteiger partial charge in [0, 0.05) is 17.8 Å². The van der Waals surface area contributed by atoms with Gasteiger partial charge in [-0.1, -0.05) is 12.8 Å². The number of nitrogens with one attached hydrogen (secondary N) is 3. The van der Waals surface area contributed by atoms with Crippen molar-refractivity contribution < 1.29 is 0 Å². The smallest absolute Gasteiger partial charge is 0.346 e. The van der Waals surface area contributed by atoms with Gasteiger partial charge in [-0.2, -0.15) is 10.2 Å². The Morgan fingerprint density at radius 1 is 1.36 bits per heavy atom. The van der Waals surface area contributed by atoms with E-state index in [1.807, 2.05) is 0 Å². The van der Waals surface area contributed by atoms with E-state index in [0.29, 0.717) is 34.6 Å². The molecule has 0 radical (unpaired) electrons. The molecule has 0 aromatic carbocycles. The highest BCUT2D eigenvalue weighted by molar-refractivity contribution is 5.89. The van der Waals surface area contributed by atoms with E-state index in [1.54, 1.807) is 23.1 Å². The van der Waals surface area contributed by atoms with Crippen LogP contribution in [0.1, 0.15) is 38.1 Å². The molecule has 0 saturated heterocycles. The van der Waals surface area contributed by atoms with Crippen LogP contribution in [0.3, 0.4) is 0 Å². The first kappa shape index (κ1) is 15.4. The molecule has 25 heavy (non-hydrogen) atoms. The Bertz CT molecular complexity index is 1060. The average Bonchev–Trinajstić information content (AvgIpc) is 3.32. The Kier molecular flexibility index (Phi) is 3.76. The quantitative estimate of drug-likeness (QED) is 0.673. The number of H-pyrrole nitrogens is 3. The molecule has 0 amide bonds. The van der Waals surface area contributed by atoms with Crippen LogP contribution < -0.4 is 11.2 Å². The topological polar surface area (TPSA) is 123 Å². The molecule has 1 aliphatic carbocycles. The predicted molar refractivity (Wildman–Crippen MR) is 92.0 cm³/mol. The minimum absolute atomic E-state index is 0.0516. The Morgan fingerprint density at radius 3 is 2.92 bits per heavy atom. The molecule has 0 aliphatic heterocycles. The normalized spacial score (nSPS) is 16.3. The van der Waals surface area contributed by atoms with Crippen molar-refractivity contribution in [1.82, 2.24) is 24.7 Å². The summed E-state index contributed by atoms with van der Waals surface area (Å²) in [6, 6.07) is 3.95. The third-order valence-electron chi connectivity index (χ3n) is 5.05. The molecule has 1 fully saturated rings. The van der Waals surface area contributed by atoms with Gasteiger partial charge in [-0.25, -0.2) is 4.79 Å². The number of hydrogen-bond donors (Lipinski definition) is 3. The van der Waals surface area contributed by atoms with Gasteiger partial charge in [-0.15, -0.1) is 0 Å². The summed E-state index contributed by atoms with van der Waals surface area (Å²) in [5, 5.41) is 12.7. The van der Waals surface area contributed by atoms with Crippen LogP contribution in [-0.4, -0.2) is 24.7 Å². The fourth-order valence-electron chi connectivity index (χ4n) is 3.86. The number of nitrogens with zero attached hydrogens (tertiary/aromatic N) is 3. The van der Waals surface area contributed by atoms with Gasteiger partial charge in [0.15, 0.2) is 0 Å². The summed E-state index contributed by atoms with van der Waals surface area (Å²) >= 11 is 0. The van der Waals surface area contributed by atoms with Crippen LogP contribution in [0.5, 0.6) is 0 Å². The molecule has 8 nitrogen and oxygen atoms in total. The van der Waals surface area contributed by atoms with E-state index in [1.165, 1.54) is 0 Å². The molecular weight excluding hydrogens is 320 g/mol. The molecule has 1 atom stereocenters. The number of rotatable bonds is 4. The Morgan fingerprint density at radius 2 is 2.16 bits per heavy atom. The van der Waals surface area contributed by atoms with E-state index in [4.69, 9.17) is 0 Å². The number of fused-ring (bicyclic) bond motifs is 1. The van der Waals surface area contributed by atoms with Gasteiger partial charge in [0.2, 0.25) is 0 Å². The standard InChI is InChI=1S/C17H18N6O2/c18-7-5-13(10-3-1-2-4-10)23-9-12(16(24)22-23)14-11-6-8-19-15(11)21-17(25)20-14/h6,8-10,13H,1-5H2,(H,22,24)(H2,19,20,21,25). The zero-order valence-corrected chi connectivity index (χ0v) is 13.6. The molecule has 3 aromatic heterocycles. The van der Waals surface area contributed by atoms with E-state index < -0.39 is 5.69 Å². The molecule has 0 spiro atoms. The lowest BCUT2D eigenvalue weighted by molar-refractivity contribution is 0.313. The molecule has 1 saturated carbocycles. The van der Waals surface area contributed by atoms with Gasteiger partial charge in [0.1, 0.15) is 5.65 Å². The minimum Gasteiger partial charge on any atom is -0.346 e. The van der Waals surface area contributed by atoms with Crippen LogP contribution in [0.4, 0.5) is 0 Å². The first-order chi connectivity index (χ1) is 12.2. The third kappa shape index (κ3) is 2.67. The van der Waals surface area contributed by atoms with Crippen molar-refractivity contribution in [3.8, 4) is 17.3 Å². The minimum atomic E-state index is -0.513. The maximum absolute atomic E-state index is 12.5. The fraction of sp³-hybridized carbons (Fsp3) is 0.412. The van der Waals surface area contributed by atoms with Crippen molar-refractivity contribution in [3.05, 3.63) is 39.3 Å². The molecule has 3 N–H and O–H groups in total. The SMILES string of the molecule is N#CCC(C1CCCC1)n1cc(-c2[nH]c(=O)nc3[nH]ccc23)c(=O)[nH]1. The predicted octanol–water partition coefficient (Wildman–Crippen LogP) is 2.05. The van der Waals surface area contributed by atoms with E-state index in [0.717, 1.165) is 25.7 Å². The van der Waals surface area contributed by atoms with Crippen molar-refractivity contribution in [1.29, 1.82) is 5.26 Å². The second kappa shape index (κ2) is 6.09. The second-order valence-corrected chi connectivity index (χ2v) is 6.52. The first-order valence-corrected chi connectivity index (χ1v) is 8.43. The Labute approximate surface area is 142 Å². The number of aromatic amines is 3. The monoisotopic (exact) mass is 338 g/mol. The third-order valence-corrected chi connectivity index (χ3v) is 5.05. The highest BCUT2D eigenvalue weighted by Crippen LogP contribution is 2.36. The molecule has 0 bridgehead atoms. The second-order valence-electron chi connectivity index (χ2n) is 6.52. The van der Waals surface area contributed by atoms with Crippen molar-refractivity contribution in [2.45, 2.75) is 38.1 Å². The van der Waals surface area contributed by atoms with Gasteiger partial charge in [-0.05, 0) is 24.8 Å². The van der Waals surface area contributed by atoms with Crippen LogP contribution in [-0.2, 0) is 0 Å². The number of nitriles is 1. The molecule has 1 aliphatic rings. The largest absolute Gasteiger partial charge is 0.347 e. The molecule has 128 valence electrons. The summed E-state index contributed by atoms with van der Waals surface area (Å²) in [5.41, 5.74) is 0.463. The van der Waals surface area contributed by atoms with Gasteiger partial charge in [0.05, 0.1) is 29.8 Å². The zero-order valence-electron chi connectivity index (χ0n) is 13.6. The van der Waals surface area contributed by atoms with Gasteiger partial charge >= 0.3 is 5.69 Å². The molecule has 4 rings (SSSR count). The first-order valence-electron chi connectivity index (χ1n) is 8.43. The molecule has 3 aromatic rings. The van der Waals surface area contributed by atoms with Crippen LogP contribution in [0.25, 0.3) is 22.3 Å². The maximum atomic E-state index is 12.5. The van der Waals surface area contributed by atoms with Crippen molar-refractivity contribution in [2.75, 3.05) is 0 Å². The van der Waals surface area contributed by atoms with E-state index in [9.17, 15) is 14.9 Å². The summed E-state index contributed by atoms with van der Waals surface area (Å²) in [6.07, 6.45) is 8.18. The van der Waals surface area contributed by atoms with E-state index >= 15 is 0 Å². The van der Waals surface area contributed by atoms with Crippen LogP contribution in [0.15, 0.2) is 28.0 Å². The van der Waals surface area contributed by atoms with Crippen LogP contribution in [0, 0.1) is 17.2 Å². The molecule has 3 heterocycles. The lowest BCUT2D eigenvalue weighted by atomic mass is 9.96. The zero-order chi connectivity index (χ0) is 17.4. The van der Waals surface area contributed by atoms with Gasteiger partial charge in [-0.3, -0.25) is 14.6 Å².